The summed E-state index contributed by atoms with van der Waals surface area (Å²) in [7, 11) is 0. The van der Waals surface area contributed by atoms with Gasteiger partial charge in [-0.1, -0.05) is 41.4 Å². The highest BCUT2D eigenvalue weighted by molar-refractivity contribution is 6.35. The van der Waals surface area contributed by atoms with Gasteiger partial charge < -0.3 is 5.32 Å². The molecule has 2 bridgehead atoms. The lowest BCUT2D eigenvalue weighted by Crippen LogP contribution is -2.27. The van der Waals surface area contributed by atoms with Gasteiger partial charge in [-0.2, -0.15) is 0 Å². The number of halogens is 2. The highest BCUT2D eigenvalue weighted by atomic mass is 35.5. The van der Waals surface area contributed by atoms with Crippen LogP contribution in [-0.2, 0) is 6.42 Å². The fourth-order valence-corrected chi connectivity index (χ4v) is 3.87. The van der Waals surface area contributed by atoms with Crippen LogP contribution in [0, 0.1) is 17.8 Å². The third-order valence-corrected chi connectivity index (χ3v) is 5.00. The van der Waals surface area contributed by atoms with Gasteiger partial charge in [0, 0.05) is 10.0 Å². The number of fused-ring (bicyclic) bond motifs is 2. The summed E-state index contributed by atoms with van der Waals surface area (Å²) < 4.78 is 0. The van der Waals surface area contributed by atoms with Crippen molar-refractivity contribution >= 4 is 23.2 Å². The average molecular weight is 296 g/mol. The van der Waals surface area contributed by atoms with Gasteiger partial charge in [0.25, 0.3) is 0 Å². The summed E-state index contributed by atoms with van der Waals surface area (Å²) in [6.07, 6.45) is 8.53. The molecule has 19 heavy (non-hydrogen) atoms. The zero-order valence-corrected chi connectivity index (χ0v) is 12.4. The Morgan fingerprint density at radius 2 is 2.05 bits per heavy atom. The topological polar surface area (TPSA) is 12.0 Å². The van der Waals surface area contributed by atoms with Gasteiger partial charge in [-0.25, -0.2) is 0 Å². The molecule has 1 fully saturated rings. The first-order valence-electron chi connectivity index (χ1n) is 7.05. The van der Waals surface area contributed by atoms with E-state index >= 15 is 0 Å². The SMILES string of the molecule is Clc1ccc(CCNCC2CC3C=CC2C3)c(Cl)c1. The number of hydrogen-bond acceptors (Lipinski definition) is 1. The Hall–Kier alpha value is -0.500. The predicted molar refractivity (Wildman–Crippen MR) is 81.9 cm³/mol. The van der Waals surface area contributed by atoms with Crippen LogP contribution in [0.5, 0.6) is 0 Å². The van der Waals surface area contributed by atoms with E-state index in [1.54, 1.807) is 0 Å². The Bertz CT molecular complexity index is 484. The minimum Gasteiger partial charge on any atom is -0.316 e. The third-order valence-electron chi connectivity index (χ3n) is 4.41. The van der Waals surface area contributed by atoms with Crippen LogP contribution in [0.2, 0.25) is 10.0 Å². The molecular formula is C16H19Cl2N. The summed E-state index contributed by atoms with van der Waals surface area (Å²) in [6, 6.07) is 5.75. The average Bonchev–Trinajstić information content (AvgIpc) is 2.99. The molecule has 2 aliphatic carbocycles. The van der Waals surface area contributed by atoms with E-state index in [-0.39, 0.29) is 0 Å². The number of rotatable bonds is 5. The standard InChI is InChI=1S/C16H19Cl2N/c17-15-4-3-12(16(18)9-15)5-6-19-10-14-8-11-1-2-13(14)7-11/h1-4,9,11,13-14,19H,5-8,10H2. The lowest BCUT2D eigenvalue weighted by atomic mass is 9.93. The van der Waals surface area contributed by atoms with Crippen molar-refractivity contribution in [2.24, 2.45) is 17.8 Å². The molecule has 1 aromatic carbocycles. The molecule has 0 saturated heterocycles. The van der Waals surface area contributed by atoms with Gasteiger partial charge in [-0.3, -0.25) is 0 Å². The van der Waals surface area contributed by atoms with Gasteiger partial charge in [0.15, 0.2) is 0 Å². The van der Waals surface area contributed by atoms with Gasteiger partial charge in [0.2, 0.25) is 0 Å². The van der Waals surface area contributed by atoms with Gasteiger partial charge in [-0.15, -0.1) is 0 Å². The van der Waals surface area contributed by atoms with Crippen molar-refractivity contribution < 1.29 is 0 Å². The molecule has 3 rings (SSSR count). The third kappa shape index (κ3) is 3.16. The number of nitrogens with one attached hydrogen (secondary N) is 1. The highest BCUT2D eigenvalue weighted by Crippen LogP contribution is 2.42. The van der Waals surface area contributed by atoms with E-state index in [0.29, 0.717) is 5.02 Å². The Morgan fingerprint density at radius 3 is 2.74 bits per heavy atom. The Labute approximate surface area is 125 Å². The number of allylic oxidation sites excluding steroid dienone is 2. The van der Waals surface area contributed by atoms with Crippen LogP contribution >= 0.6 is 23.2 Å². The van der Waals surface area contributed by atoms with Crippen LogP contribution < -0.4 is 5.32 Å². The summed E-state index contributed by atoms with van der Waals surface area (Å²) in [4.78, 5) is 0. The van der Waals surface area contributed by atoms with Gasteiger partial charge in [-0.05, 0) is 67.8 Å². The van der Waals surface area contributed by atoms with Crippen LogP contribution in [0.3, 0.4) is 0 Å². The predicted octanol–water partition coefficient (Wildman–Crippen LogP) is 4.34. The maximum absolute atomic E-state index is 6.17. The van der Waals surface area contributed by atoms with E-state index in [2.05, 4.69) is 17.5 Å². The van der Waals surface area contributed by atoms with Crippen molar-refractivity contribution in [3.05, 3.63) is 46.0 Å². The molecule has 102 valence electrons. The Kier molecular flexibility index (Phi) is 4.16. The van der Waals surface area contributed by atoms with Crippen molar-refractivity contribution in [1.82, 2.24) is 5.32 Å². The molecule has 1 nitrogen and oxygen atoms in total. The van der Waals surface area contributed by atoms with Crippen LogP contribution in [0.15, 0.2) is 30.4 Å². The summed E-state index contributed by atoms with van der Waals surface area (Å²) >= 11 is 12.1. The fraction of sp³-hybridized carbons (Fsp3) is 0.500. The van der Waals surface area contributed by atoms with Crippen molar-refractivity contribution in [1.29, 1.82) is 0 Å². The molecule has 0 aromatic heterocycles. The van der Waals surface area contributed by atoms with Gasteiger partial charge in [0.1, 0.15) is 0 Å². The first-order valence-corrected chi connectivity index (χ1v) is 7.81. The second-order valence-corrected chi connectivity index (χ2v) is 6.57. The quantitative estimate of drug-likeness (QED) is 0.629. The minimum absolute atomic E-state index is 0.704. The van der Waals surface area contributed by atoms with Gasteiger partial charge >= 0.3 is 0 Å². The summed E-state index contributed by atoms with van der Waals surface area (Å²) in [6.45, 7) is 2.12. The van der Waals surface area contributed by atoms with Gasteiger partial charge in [0.05, 0.1) is 0 Å². The molecule has 3 unspecified atom stereocenters. The monoisotopic (exact) mass is 295 g/mol. The van der Waals surface area contributed by atoms with E-state index in [0.717, 1.165) is 42.3 Å². The molecule has 0 radical (unpaired) electrons. The van der Waals surface area contributed by atoms with Crippen molar-refractivity contribution in [3.63, 3.8) is 0 Å². The summed E-state index contributed by atoms with van der Waals surface area (Å²) in [5.74, 6) is 2.54. The Morgan fingerprint density at radius 1 is 1.16 bits per heavy atom. The first kappa shape index (κ1) is 13.5. The molecule has 1 N–H and O–H groups in total. The van der Waals surface area contributed by atoms with Crippen molar-refractivity contribution in [3.8, 4) is 0 Å². The first-order chi connectivity index (χ1) is 9.22. The molecule has 1 saturated carbocycles. The van der Waals surface area contributed by atoms with Crippen LogP contribution in [0.1, 0.15) is 18.4 Å². The second-order valence-electron chi connectivity index (χ2n) is 5.73. The summed E-state index contributed by atoms with van der Waals surface area (Å²) in [5, 5.41) is 5.06. The van der Waals surface area contributed by atoms with Crippen molar-refractivity contribution in [2.75, 3.05) is 13.1 Å². The normalized spacial score (nSPS) is 28.2. The molecule has 1 aromatic rings. The molecule has 3 heteroatoms. The fourth-order valence-electron chi connectivity index (χ4n) is 3.36. The minimum atomic E-state index is 0.704. The lowest BCUT2D eigenvalue weighted by Gasteiger charge is -2.18. The second kappa shape index (κ2) is 5.87. The molecule has 0 aliphatic heterocycles. The van der Waals surface area contributed by atoms with E-state index in [9.17, 15) is 0 Å². The maximum atomic E-state index is 6.17. The molecule has 0 amide bonds. The summed E-state index contributed by atoms with van der Waals surface area (Å²) in [5.41, 5.74) is 1.17. The molecule has 2 aliphatic rings. The van der Waals surface area contributed by atoms with E-state index in [1.807, 2.05) is 18.2 Å². The van der Waals surface area contributed by atoms with Crippen LogP contribution in [0.25, 0.3) is 0 Å². The van der Waals surface area contributed by atoms with E-state index in [1.165, 1.54) is 18.4 Å². The maximum Gasteiger partial charge on any atom is 0.0453 e. The van der Waals surface area contributed by atoms with E-state index < -0.39 is 0 Å². The molecule has 0 spiro atoms. The smallest absolute Gasteiger partial charge is 0.0453 e. The zero-order chi connectivity index (χ0) is 13.2. The Balaban J connectivity index is 1.42. The number of benzene rings is 1. The molecule has 0 heterocycles. The molecule has 3 atom stereocenters. The van der Waals surface area contributed by atoms with Crippen LogP contribution in [-0.4, -0.2) is 13.1 Å². The zero-order valence-electron chi connectivity index (χ0n) is 10.9. The lowest BCUT2D eigenvalue weighted by molar-refractivity contribution is 0.416. The largest absolute Gasteiger partial charge is 0.316 e. The molecular weight excluding hydrogens is 277 g/mol. The number of hydrogen-bond donors (Lipinski definition) is 1. The highest BCUT2D eigenvalue weighted by Gasteiger charge is 2.34. The van der Waals surface area contributed by atoms with Crippen molar-refractivity contribution in [2.45, 2.75) is 19.3 Å². The van der Waals surface area contributed by atoms with E-state index in [4.69, 9.17) is 23.2 Å². The van der Waals surface area contributed by atoms with Crippen LogP contribution in [0.4, 0.5) is 0 Å².